The summed E-state index contributed by atoms with van der Waals surface area (Å²) in [5.74, 6) is 1.18. The first kappa shape index (κ1) is 12.6. The van der Waals surface area contributed by atoms with Crippen molar-refractivity contribution >= 4 is 11.6 Å². The van der Waals surface area contributed by atoms with Gasteiger partial charge in [-0.2, -0.15) is 4.98 Å². The van der Waals surface area contributed by atoms with E-state index in [2.05, 4.69) is 15.5 Å². The second-order valence-electron chi connectivity index (χ2n) is 4.70. The van der Waals surface area contributed by atoms with E-state index in [1.807, 2.05) is 24.3 Å². The molecule has 1 aromatic carbocycles. The van der Waals surface area contributed by atoms with E-state index in [0.29, 0.717) is 36.1 Å². The van der Waals surface area contributed by atoms with Gasteiger partial charge < -0.3 is 14.9 Å². The summed E-state index contributed by atoms with van der Waals surface area (Å²) in [5, 5.41) is 17.3. The fourth-order valence-corrected chi connectivity index (χ4v) is 2.30. The highest BCUT2D eigenvalue weighted by molar-refractivity contribution is 6.30. The SMILES string of the molecule is O[C@H]1CN[C@@H](c2nc(Cc3ccc(Cl)cc3)no2)C1. The maximum atomic E-state index is 9.46. The molecule has 1 saturated heterocycles. The molecule has 2 N–H and O–H groups in total. The molecular weight excluding hydrogens is 266 g/mol. The third-order valence-electron chi connectivity index (χ3n) is 3.17. The fraction of sp³-hybridized carbons (Fsp3) is 0.385. The predicted octanol–water partition coefficient (Wildman–Crippen LogP) is 1.71. The van der Waals surface area contributed by atoms with Crippen LogP contribution >= 0.6 is 11.6 Å². The Kier molecular flexibility index (Phi) is 3.50. The monoisotopic (exact) mass is 279 g/mol. The molecule has 0 amide bonds. The number of hydrogen-bond donors (Lipinski definition) is 2. The van der Waals surface area contributed by atoms with E-state index in [4.69, 9.17) is 16.1 Å². The van der Waals surface area contributed by atoms with Crippen LogP contribution in [0.1, 0.15) is 29.7 Å². The maximum absolute atomic E-state index is 9.46. The highest BCUT2D eigenvalue weighted by Crippen LogP contribution is 2.22. The Morgan fingerprint density at radius 2 is 2.16 bits per heavy atom. The topological polar surface area (TPSA) is 71.2 Å². The number of nitrogens with zero attached hydrogens (tertiary/aromatic N) is 2. The van der Waals surface area contributed by atoms with Crippen LogP contribution in [0.3, 0.4) is 0 Å². The van der Waals surface area contributed by atoms with Crippen LogP contribution in [0.4, 0.5) is 0 Å². The Bertz CT molecular complexity index is 555. The lowest BCUT2D eigenvalue weighted by molar-refractivity contribution is 0.191. The zero-order chi connectivity index (χ0) is 13.2. The van der Waals surface area contributed by atoms with Gasteiger partial charge in [-0.3, -0.25) is 0 Å². The molecule has 2 atom stereocenters. The van der Waals surface area contributed by atoms with Crippen molar-refractivity contribution in [2.24, 2.45) is 0 Å². The van der Waals surface area contributed by atoms with E-state index in [-0.39, 0.29) is 12.1 Å². The molecule has 1 aliphatic rings. The van der Waals surface area contributed by atoms with Crippen LogP contribution < -0.4 is 5.32 Å². The van der Waals surface area contributed by atoms with Gasteiger partial charge in [0.05, 0.1) is 12.1 Å². The summed E-state index contributed by atoms with van der Waals surface area (Å²) >= 11 is 5.84. The number of halogens is 1. The van der Waals surface area contributed by atoms with Crippen molar-refractivity contribution in [3.63, 3.8) is 0 Å². The van der Waals surface area contributed by atoms with Gasteiger partial charge in [-0.15, -0.1) is 0 Å². The highest BCUT2D eigenvalue weighted by Gasteiger charge is 2.27. The number of aliphatic hydroxyl groups is 1. The number of benzene rings is 1. The molecular formula is C13H14ClN3O2. The van der Waals surface area contributed by atoms with Crippen molar-refractivity contribution in [1.29, 1.82) is 0 Å². The van der Waals surface area contributed by atoms with Gasteiger partial charge in [-0.25, -0.2) is 0 Å². The van der Waals surface area contributed by atoms with E-state index in [1.165, 1.54) is 0 Å². The first-order chi connectivity index (χ1) is 9.20. The fourth-order valence-electron chi connectivity index (χ4n) is 2.17. The zero-order valence-corrected chi connectivity index (χ0v) is 11.0. The first-order valence-corrected chi connectivity index (χ1v) is 6.57. The lowest BCUT2D eigenvalue weighted by Gasteiger charge is -2.01. The van der Waals surface area contributed by atoms with Gasteiger partial charge in [0.15, 0.2) is 5.82 Å². The summed E-state index contributed by atoms with van der Waals surface area (Å²) in [6.07, 6.45) is 0.884. The van der Waals surface area contributed by atoms with Gasteiger partial charge in [-0.1, -0.05) is 28.9 Å². The summed E-state index contributed by atoms with van der Waals surface area (Å²) < 4.78 is 5.23. The van der Waals surface area contributed by atoms with Gasteiger partial charge in [0, 0.05) is 18.0 Å². The second kappa shape index (κ2) is 5.28. The molecule has 5 nitrogen and oxygen atoms in total. The predicted molar refractivity (Wildman–Crippen MR) is 69.9 cm³/mol. The number of nitrogens with one attached hydrogen (secondary N) is 1. The Labute approximate surface area is 115 Å². The molecule has 0 unspecified atom stereocenters. The normalized spacial score (nSPS) is 22.8. The molecule has 3 rings (SSSR count). The minimum absolute atomic E-state index is 0.0403. The molecule has 19 heavy (non-hydrogen) atoms. The van der Waals surface area contributed by atoms with Crippen molar-refractivity contribution in [2.75, 3.05) is 6.54 Å². The molecule has 2 aromatic rings. The Balaban J connectivity index is 1.69. The molecule has 0 saturated carbocycles. The zero-order valence-electron chi connectivity index (χ0n) is 10.2. The van der Waals surface area contributed by atoms with Crippen molar-refractivity contribution in [3.8, 4) is 0 Å². The van der Waals surface area contributed by atoms with Crippen LogP contribution in [0.2, 0.25) is 5.02 Å². The van der Waals surface area contributed by atoms with Gasteiger partial charge in [0.25, 0.3) is 0 Å². The van der Waals surface area contributed by atoms with Gasteiger partial charge in [0.2, 0.25) is 5.89 Å². The first-order valence-electron chi connectivity index (χ1n) is 6.19. The summed E-state index contributed by atoms with van der Waals surface area (Å²) in [6.45, 7) is 0.569. The van der Waals surface area contributed by atoms with Gasteiger partial charge >= 0.3 is 0 Å². The molecule has 1 fully saturated rings. The largest absolute Gasteiger partial charge is 0.392 e. The van der Waals surface area contributed by atoms with E-state index >= 15 is 0 Å². The number of rotatable bonds is 3. The summed E-state index contributed by atoms with van der Waals surface area (Å²) in [7, 11) is 0. The molecule has 0 spiro atoms. The Hall–Kier alpha value is -1.43. The number of β-amino-alcohol motifs (C(OH)–C–C–N with tert-alkyl or cyclic N) is 1. The average molecular weight is 280 g/mol. The van der Waals surface area contributed by atoms with E-state index < -0.39 is 0 Å². The second-order valence-corrected chi connectivity index (χ2v) is 5.14. The average Bonchev–Trinajstić information content (AvgIpc) is 3.01. The molecule has 0 radical (unpaired) electrons. The number of aliphatic hydroxyl groups excluding tert-OH is 1. The molecule has 100 valence electrons. The Morgan fingerprint density at radius 3 is 2.84 bits per heavy atom. The lowest BCUT2D eigenvalue weighted by Crippen LogP contribution is -2.15. The summed E-state index contributed by atoms with van der Waals surface area (Å²) in [5.41, 5.74) is 1.08. The van der Waals surface area contributed by atoms with E-state index in [9.17, 15) is 5.11 Å². The van der Waals surface area contributed by atoms with Crippen LogP contribution in [0.25, 0.3) is 0 Å². The molecule has 0 aliphatic carbocycles. The van der Waals surface area contributed by atoms with Crippen LogP contribution in [0, 0.1) is 0 Å². The van der Waals surface area contributed by atoms with Crippen LogP contribution in [0.5, 0.6) is 0 Å². The van der Waals surface area contributed by atoms with E-state index in [0.717, 1.165) is 5.56 Å². The minimum Gasteiger partial charge on any atom is -0.392 e. The van der Waals surface area contributed by atoms with Gasteiger partial charge in [-0.05, 0) is 24.1 Å². The smallest absolute Gasteiger partial charge is 0.243 e. The molecule has 1 aliphatic heterocycles. The minimum atomic E-state index is -0.336. The van der Waals surface area contributed by atoms with Crippen molar-refractivity contribution in [2.45, 2.75) is 25.0 Å². The van der Waals surface area contributed by atoms with Crippen LogP contribution in [-0.2, 0) is 6.42 Å². The van der Waals surface area contributed by atoms with Crippen molar-refractivity contribution < 1.29 is 9.63 Å². The summed E-state index contributed by atoms with van der Waals surface area (Å²) in [6, 6.07) is 7.52. The standard InChI is InChI=1S/C13H14ClN3O2/c14-9-3-1-8(2-4-9)5-12-16-13(19-17-12)11-6-10(18)7-15-11/h1-4,10-11,15,18H,5-7H2/t10-,11-/m1/s1. The lowest BCUT2D eigenvalue weighted by atomic mass is 10.1. The molecule has 2 heterocycles. The molecule has 1 aromatic heterocycles. The number of aromatic nitrogens is 2. The van der Waals surface area contributed by atoms with Crippen LogP contribution in [0.15, 0.2) is 28.8 Å². The highest BCUT2D eigenvalue weighted by atomic mass is 35.5. The van der Waals surface area contributed by atoms with Gasteiger partial charge in [0.1, 0.15) is 0 Å². The molecule has 0 bridgehead atoms. The van der Waals surface area contributed by atoms with Crippen LogP contribution in [-0.4, -0.2) is 27.9 Å². The van der Waals surface area contributed by atoms with Crippen molar-refractivity contribution in [3.05, 3.63) is 46.6 Å². The summed E-state index contributed by atoms with van der Waals surface area (Å²) in [4.78, 5) is 4.36. The number of hydrogen-bond acceptors (Lipinski definition) is 5. The third-order valence-corrected chi connectivity index (χ3v) is 3.42. The van der Waals surface area contributed by atoms with E-state index in [1.54, 1.807) is 0 Å². The third kappa shape index (κ3) is 2.94. The maximum Gasteiger partial charge on any atom is 0.243 e. The Morgan fingerprint density at radius 1 is 1.37 bits per heavy atom. The quantitative estimate of drug-likeness (QED) is 0.895. The van der Waals surface area contributed by atoms with Crippen molar-refractivity contribution in [1.82, 2.24) is 15.5 Å². The molecule has 6 heteroatoms.